The molecular formula is C15H19ClN4. The molecule has 0 saturated heterocycles. The second-order valence-electron chi connectivity index (χ2n) is 5.19. The lowest BCUT2D eigenvalue weighted by atomic mass is 10.2. The standard InChI is InChI=1S/C15H19ClN4/c1-10(2)14-18-13(16)11(3)15(19-14)20(4)9-12-5-7-17-8-6-12/h5-8,10H,9H2,1-4H3. The Morgan fingerprint density at radius 3 is 2.45 bits per heavy atom. The summed E-state index contributed by atoms with van der Waals surface area (Å²) in [5, 5.41) is 0.528. The summed E-state index contributed by atoms with van der Waals surface area (Å²) in [6, 6.07) is 4.00. The maximum absolute atomic E-state index is 6.22. The van der Waals surface area contributed by atoms with Crippen molar-refractivity contribution < 1.29 is 0 Å². The van der Waals surface area contributed by atoms with Gasteiger partial charge in [-0.3, -0.25) is 4.98 Å². The van der Waals surface area contributed by atoms with Crippen LogP contribution < -0.4 is 4.90 Å². The van der Waals surface area contributed by atoms with Gasteiger partial charge in [0.05, 0.1) is 0 Å². The highest BCUT2D eigenvalue weighted by Gasteiger charge is 2.15. The summed E-state index contributed by atoms with van der Waals surface area (Å²) in [5.74, 6) is 1.91. The second-order valence-corrected chi connectivity index (χ2v) is 5.55. The quantitative estimate of drug-likeness (QED) is 0.807. The van der Waals surface area contributed by atoms with Gasteiger partial charge >= 0.3 is 0 Å². The number of hydrogen-bond acceptors (Lipinski definition) is 4. The molecule has 0 spiro atoms. The molecule has 20 heavy (non-hydrogen) atoms. The molecule has 4 nitrogen and oxygen atoms in total. The lowest BCUT2D eigenvalue weighted by Crippen LogP contribution is -2.20. The smallest absolute Gasteiger partial charge is 0.137 e. The first-order chi connectivity index (χ1) is 9.49. The Morgan fingerprint density at radius 2 is 1.85 bits per heavy atom. The Hall–Kier alpha value is -1.68. The molecule has 0 N–H and O–H groups in total. The predicted molar refractivity (Wildman–Crippen MR) is 82.2 cm³/mol. The van der Waals surface area contributed by atoms with Crippen molar-refractivity contribution in [2.45, 2.75) is 33.2 Å². The average molecular weight is 291 g/mol. The van der Waals surface area contributed by atoms with Crippen molar-refractivity contribution in [1.29, 1.82) is 0 Å². The Morgan fingerprint density at radius 1 is 1.20 bits per heavy atom. The maximum Gasteiger partial charge on any atom is 0.137 e. The summed E-state index contributed by atoms with van der Waals surface area (Å²) in [6.45, 7) is 6.83. The highest BCUT2D eigenvalue weighted by Crippen LogP contribution is 2.26. The minimum absolute atomic E-state index is 0.251. The molecule has 0 aliphatic heterocycles. The van der Waals surface area contributed by atoms with Gasteiger partial charge in [-0.15, -0.1) is 0 Å². The number of halogens is 1. The highest BCUT2D eigenvalue weighted by molar-refractivity contribution is 6.30. The van der Waals surface area contributed by atoms with E-state index in [1.807, 2.05) is 26.1 Å². The van der Waals surface area contributed by atoms with E-state index in [1.54, 1.807) is 12.4 Å². The number of rotatable bonds is 4. The van der Waals surface area contributed by atoms with Crippen LogP contribution in [0.1, 0.15) is 36.7 Å². The molecule has 2 heterocycles. The lowest BCUT2D eigenvalue weighted by Gasteiger charge is -2.22. The molecular weight excluding hydrogens is 272 g/mol. The van der Waals surface area contributed by atoms with Gasteiger partial charge < -0.3 is 4.90 Å². The van der Waals surface area contributed by atoms with Crippen molar-refractivity contribution in [2.24, 2.45) is 0 Å². The van der Waals surface area contributed by atoms with Gasteiger partial charge in [0, 0.05) is 37.5 Å². The van der Waals surface area contributed by atoms with Crippen molar-refractivity contribution in [3.63, 3.8) is 0 Å². The van der Waals surface area contributed by atoms with Crippen LogP contribution in [0.15, 0.2) is 24.5 Å². The van der Waals surface area contributed by atoms with E-state index >= 15 is 0 Å². The third-order valence-electron chi connectivity index (χ3n) is 3.13. The summed E-state index contributed by atoms with van der Waals surface area (Å²) < 4.78 is 0. The highest BCUT2D eigenvalue weighted by atomic mass is 35.5. The maximum atomic E-state index is 6.22. The van der Waals surface area contributed by atoms with Crippen molar-refractivity contribution in [3.8, 4) is 0 Å². The van der Waals surface area contributed by atoms with Crippen LogP contribution in [0, 0.1) is 6.92 Å². The normalized spacial score (nSPS) is 10.9. The molecule has 106 valence electrons. The van der Waals surface area contributed by atoms with Crippen LogP contribution in [-0.2, 0) is 6.54 Å². The van der Waals surface area contributed by atoms with E-state index < -0.39 is 0 Å². The third-order valence-corrected chi connectivity index (χ3v) is 3.49. The summed E-state index contributed by atoms with van der Waals surface area (Å²) in [4.78, 5) is 15.1. The monoisotopic (exact) mass is 290 g/mol. The molecule has 0 aliphatic carbocycles. The van der Waals surface area contributed by atoms with Gasteiger partial charge in [-0.1, -0.05) is 25.4 Å². The van der Waals surface area contributed by atoms with Gasteiger partial charge in [0.15, 0.2) is 0 Å². The molecule has 0 bridgehead atoms. The van der Waals surface area contributed by atoms with Crippen LogP contribution in [0.25, 0.3) is 0 Å². The first-order valence-electron chi connectivity index (χ1n) is 6.63. The Labute approximate surface area is 124 Å². The molecule has 0 radical (unpaired) electrons. The van der Waals surface area contributed by atoms with Crippen molar-refractivity contribution in [1.82, 2.24) is 15.0 Å². The fourth-order valence-electron chi connectivity index (χ4n) is 1.96. The van der Waals surface area contributed by atoms with E-state index in [-0.39, 0.29) is 5.92 Å². The molecule has 0 aromatic carbocycles. The van der Waals surface area contributed by atoms with Gasteiger partial charge in [0.1, 0.15) is 16.8 Å². The summed E-state index contributed by atoms with van der Waals surface area (Å²) >= 11 is 6.22. The summed E-state index contributed by atoms with van der Waals surface area (Å²) in [5.41, 5.74) is 2.09. The Bertz CT molecular complexity index is 584. The minimum atomic E-state index is 0.251. The van der Waals surface area contributed by atoms with Crippen LogP contribution in [0.3, 0.4) is 0 Å². The molecule has 0 aliphatic rings. The molecule has 2 rings (SSSR count). The van der Waals surface area contributed by atoms with Crippen LogP contribution in [0.4, 0.5) is 5.82 Å². The van der Waals surface area contributed by atoms with Crippen LogP contribution in [0.5, 0.6) is 0 Å². The van der Waals surface area contributed by atoms with Gasteiger partial charge in [0.2, 0.25) is 0 Å². The number of aromatic nitrogens is 3. The summed E-state index contributed by atoms with van der Waals surface area (Å²) in [6.07, 6.45) is 3.59. The molecule has 0 amide bonds. The van der Waals surface area contributed by atoms with E-state index in [1.165, 1.54) is 5.56 Å². The van der Waals surface area contributed by atoms with Gasteiger partial charge in [-0.05, 0) is 24.6 Å². The number of hydrogen-bond donors (Lipinski definition) is 0. The van der Waals surface area contributed by atoms with Crippen molar-refractivity contribution in [3.05, 3.63) is 46.6 Å². The van der Waals surface area contributed by atoms with Gasteiger partial charge in [0.25, 0.3) is 0 Å². The number of anilines is 1. The molecule has 0 atom stereocenters. The predicted octanol–water partition coefficient (Wildman–Crippen LogP) is 3.59. The third kappa shape index (κ3) is 3.25. The van der Waals surface area contributed by atoms with Crippen LogP contribution in [-0.4, -0.2) is 22.0 Å². The molecule has 0 fully saturated rings. The van der Waals surface area contributed by atoms with Crippen molar-refractivity contribution in [2.75, 3.05) is 11.9 Å². The van der Waals surface area contributed by atoms with Crippen molar-refractivity contribution >= 4 is 17.4 Å². The zero-order valence-corrected chi connectivity index (χ0v) is 13.0. The fraction of sp³-hybridized carbons (Fsp3) is 0.400. The van der Waals surface area contributed by atoms with E-state index in [4.69, 9.17) is 11.6 Å². The van der Waals surface area contributed by atoms with Gasteiger partial charge in [-0.25, -0.2) is 9.97 Å². The molecule has 0 saturated carbocycles. The Kier molecular flexibility index (Phi) is 4.55. The van der Waals surface area contributed by atoms with E-state index in [0.29, 0.717) is 5.15 Å². The van der Waals surface area contributed by atoms with E-state index in [9.17, 15) is 0 Å². The van der Waals surface area contributed by atoms with Gasteiger partial charge in [-0.2, -0.15) is 0 Å². The Balaban J connectivity index is 2.31. The SMILES string of the molecule is Cc1c(Cl)nc(C(C)C)nc1N(C)Cc1ccncc1. The minimum Gasteiger partial charge on any atom is -0.355 e. The second kappa shape index (κ2) is 6.18. The van der Waals surface area contributed by atoms with E-state index in [0.717, 1.165) is 23.8 Å². The average Bonchev–Trinajstić information content (AvgIpc) is 2.42. The fourth-order valence-corrected chi connectivity index (χ4v) is 2.13. The molecule has 2 aromatic heterocycles. The first-order valence-corrected chi connectivity index (χ1v) is 7.01. The number of nitrogens with zero attached hydrogens (tertiary/aromatic N) is 4. The van der Waals surface area contributed by atoms with Crippen LogP contribution in [0.2, 0.25) is 5.15 Å². The van der Waals surface area contributed by atoms with Crippen LogP contribution >= 0.6 is 11.6 Å². The lowest BCUT2D eigenvalue weighted by molar-refractivity contribution is 0.758. The largest absolute Gasteiger partial charge is 0.355 e. The molecule has 5 heteroatoms. The molecule has 0 unspecified atom stereocenters. The zero-order valence-electron chi connectivity index (χ0n) is 12.3. The number of pyridine rings is 1. The first kappa shape index (κ1) is 14.7. The summed E-state index contributed by atoms with van der Waals surface area (Å²) in [7, 11) is 2.01. The molecule has 2 aromatic rings. The zero-order chi connectivity index (χ0) is 14.7. The topological polar surface area (TPSA) is 41.9 Å². The van der Waals surface area contributed by atoms with E-state index in [2.05, 4.69) is 33.7 Å².